The van der Waals surface area contributed by atoms with Crippen LogP contribution in [0.15, 0.2) is 36.8 Å². The number of carbonyl (C=O) groups excluding carboxylic acids is 2. The molecule has 0 spiro atoms. The molecule has 1 saturated heterocycles. The van der Waals surface area contributed by atoms with E-state index in [-0.39, 0.29) is 35.4 Å². The minimum atomic E-state index is -0.364. The van der Waals surface area contributed by atoms with Crippen LogP contribution >= 0.6 is 0 Å². The van der Waals surface area contributed by atoms with E-state index in [0.717, 1.165) is 42.0 Å². The smallest absolute Gasteiger partial charge is 0.324 e. The molecule has 3 atom stereocenters. The van der Waals surface area contributed by atoms with Crippen LogP contribution in [0.4, 0.5) is 22.1 Å². The summed E-state index contributed by atoms with van der Waals surface area (Å²) in [5.41, 5.74) is 4.16. The zero-order valence-electron chi connectivity index (χ0n) is 26.0. The van der Waals surface area contributed by atoms with Gasteiger partial charge in [-0.25, -0.2) is 29.7 Å². The average Bonchev–Trinajstić information content (AvgIpc) is 3.87. The topological polar surface area (TPSA) is 134 Å². The van der Waals surface area contributed by atoms with Gasteiger partial charge in [-0.1, -0.05) is 0 Å². The number of rotatable bonds is 8. The second-order valence-corrected chi connectivity index (χ2v) is 13.2. The number of pyridine rings is 1. The summed E-state index contributed by atoms with van der Waals surface area (Å²) in [5.74, 6) is 2.55. The largest absolute Gasteiger partial charge is 0.362 e. The van der Waals surface area contributed by atoms with Crippen LogP contribution in [0.2, 0.25) is 0 Å². The maximum atomic E-state index is 13.3. The second kappa shape index (κ2) is 10.2. The van der Waals surface area contributed by atoms with Gasteiger partial charge in [-0.05, 0) is 77.5 Å². The Kier molecular flexibility index (Phi) is 6.56. The molecule has 4 aromatic rings. The van der Waals surface area contributed by atoms with E-state index in [1.165, 1.54) is 5.56 Å². The first-order valence-corrected chi connectivity index (χ1v) is 15.3. The molecular formula is C32H38N10O2. The maximum absolute atomic E-state index is 13.3. The van der Waals surface area contributed by atoms with Crippen molar-refractivity contribution in [1.82, 2.24) is 34.2 Å². The van der Waals surface area contributed by atoms with E-state index in [1.807, 2.05) is 38.1 Å². The first-order chi connectivity index (χ1) is 21.0. The molecule has 2 aliphatic carbocycles. The van der Waals surface area contributed by atoms with Crippen molar-refractivity contribution < 1.29 is 9.59 Å². The van der Waals surface area contributed by atoms with Gasteiger partial charge < -0.3 is 19.9 Å². The number of aromatic nitrogens is 6. The summed E-state index contributed by atoms with van der Waals surface area (Å²) in [6, 6.07) is 5.52. The molecule has 12 heteroatoms. The van der Waals surface area contributed by atoms with Gasteiger partial charge in [0.15, 0.2) is 5.65 Å². The number of fused-ring (bicyclic) bond motifs is 1. The molecular weight excluding hydrogens is 556 g/mol. The molecule has 7 rings (SSSR count). The van der Waals surface area contributed by atoms with Crippen molar-refractivity contribution in [3.05, 3.63) is 65.4 Å². The molecule has 1 aliphatic heterocycles. The van der Waals surface area contributed by atoms with Gasteiger partial charge in [0.25, 0.3) is 0 Å². The molecule has 3 aliphatic rings. The summed E-state index contributed by atoms with van der Waals surface area (Å²) in [7, 11) is 1.84. The summed E-state index contributed by atoms with van der Waals surface area (Å²) >= 11 is 0. The fourth-order valence-corrected chi connectivity index (χ4v) is 6.35. The zero-order valence-corrected chi connectivity index (χ0v) is 26.0. The highest BCUT2D eigenvalue weighted by molar-refractivity contribution is 5.99. The number of carbonyl (C=O) groups is 2. The van der Waals surface area contributed by atoms with Gasteiger partial charge in [0, 0.05) is 55.8 Å². The predicted octanol–water partition coefficient (Wildman–Crippen LogP) is 4.97. The highest BCUT2D eigenvalue weighted by Gasteiger charge is 2.46. The molecule has 0 bridgehead atoms. The summed E-state index contributed by atoms with van der Waals surface area (Å²) in [6.07, 6.45) is 8.95. The third-order valence-corrected chi connectivity index (χ3v) is 8.78. The van der Waals surface area contributed by atoms with Crippen LogP contribution in [0.3, 0.4) is 0 Å². The molecule has 3 fully saturated rings. The van der Waals surface area contributed by atoms with E-state index < -0.39 is 0 Å². The Hall–Kier alpha value is -4.61. The lowest BCUT2D eigenvalue weighted by atomic mass is 10.0. The molecule has 3 amide bonds. The van der Waals surface area contributed by atoms with Crippen LogP contribution in [-0.2, 0) is 4.79 Å². The van der Waals surface area contributed by atoms with Crippen molar-refractivity contribution in [2.45, 2.75) is 77.3 Å². The molecule has 228 valence electrons. The number of hydrogen-bond donors (Lipinski definition) is 2. The average molecular weight is 595 g/mol. The second-order valence-electron chi connectivity index (χ2n) is 13.2. The standard InChI is InChI=1S/C32H38N10O2/c1-17-9-10-33-28(34-17)22-12-23(22)30(43)39-27-13-26(36-19(3)37-27)35-18(2)24-15-41-14-21(20-7-8-20)11-25(29(41)38-24)42-31(44)40(6)16-32(42,4)5/h9-11,13-15,18,20,22-23H,7-8,12,16H2,1-6H3,(H2,35,36,37,39,43)/t18-,22+,23+/m1/s1. The van der Waals surface area contributed by atoms with Crippen molar-refractivity contribution >= 4 is 34.9 Å². The van der Waals surface area contributed by atoms with Gasteiger partial charge in [0.2, 0.25) is 5.91 Å². The SMILES string of the molecule is Cc1ccnc([C@H]2C[C@@H]2C(=O)Nc2cc(N[C@H](C)c3cn4cc(C5CC5)cc(N5C(=O)N(C)CC5(C)C)c4n3)nc(C)n2)n1. The van der Waals surface area contributed by atoms with Crippen molar-refractivity contribution in [2.24, 2.45) is 5.92 Å². The summed E-state index contributed by atoms with van der Waals surface area (Å²) in [6.45, 7) is 10.6. The predicted molar refractivity (Wildman–Crippen MR) is 167 cm³/mol. The van der Waals surface area contributed by atoms with Crippen molar-refractivity contribution in [3.63, 3.8) is 0 Å². The number of urea groups is 1. The van der Waals surface area contributed by atoms with Crippen LogP contribution in [0.25, 0.3) is 5.65 Å². The normalized spacial score (nSPS) is 21.5. The van der Waals surface area contributed by atoms with Gasteiger partial charge in [-0.15, -0.1) is 0 Å². The van der Waals surface area contributed by atoms with Crippen LogP contribution in [0.5, 0.6) is 0 Å². The fraction of sp³-hybridized carbons (Fsp3) is 0.469. The van der Waals surface area contributed by atoms with Gasteiger partial charge in [-0.2, -0.15) is 0 Å². The molecule has 0 unspecified atom stereocenters. The van der Waals surface area contributed by atoms with E-state index >= 15 is 0 Å². The van der Waals surface area contributed by atoms with E-state index in [4.69, 9.17) is 4.98 Å². The van der Waals surface area contributed by atoms with Crippen molar-refractivity contribution in [3.8, 4) is 0 Å². The van der Waals surface area contributed by atoms with Gasteiger partial charge >= 0.3 is 6.03 Å². The lowest BCUT2D eigenvalue weighted by Crippen LogP contribution is -2.42. The Morgan fingerprint density at radius 2 is 1.84 bits per heavy atom. The number of amides is 3. The maximum Gasteiger partial charge on any atom is 0.324 e. The molecule has 4 aromatic heterocycles. The minimum absolute atomic E-state index is 0.0180. The number of imidazole rings is 1. The monoisotopic (exact) mass is 594 g/mol. The summed E-state index contributed by atoms with van der Waals surface area (Å²) in [4.78, 5) is 52.9. The van der Waals surface area contributed by atoms with Gasteiger partial charge in [0.1, 0.15) is 23.3 Å². The Bertz CT molecular complexity index is 1800. The van der Waals surface area contributed by atoms with E-state index in [0.29, 0.717) is 35.7 Å². The van der Waals surface area contributed by atoms with Crippen LogP contribution in [-0.4, -0.2) is 65.3 Å². The van der Waals surface area contributed by atoms with E-state index in [1.54, 1.807) is 24.1 Å². The molecule has 5 heterocycles. The van der Waals surface area contributed by atoms with Gasteiger partial charge in [-0.3, -0.25) is 9.69 Å². The fourth-order valence-electron chi connectivity index (χ4n) is 6.35. The first-order valence-electron chi connectivity index (χ1n) is 15.3. The Labute approximate surface area is 256 Å². The van der Waals surface area contributed by atoms with E-state index in [2.05, 4.69) is 61.1 Å². The Morgan fingerprint density at radius 3 is 2.55 bits per heavy atom. The zero-order chi connectivity index (χ0) is 30.9. The molecule has 0 aromatic carbocycles. The third-order valence-electron chi connectivity index (χ3n) is 8.78. The number of nitrogens with zero attached hydrogens (tertiary/aromatic N) is 8. The minimum Gasteiger partial charge on any atom is -0.362 e. The lowest BCUT2D eigenvalue weighted by molar-refractivity contribution is -0.117. The third kappa shape index (κ3) is 5.22. The van der Waals surface area contributed by atoms with Crippen LogP contribution in [0.1, 0.15) is 86.5 Å². The number of aryl methyl sites for hydroxylation is 2. The molecule has 2 N–H and O–H groups in total. The van der Waals surface area contributed by atoms with Gasteiger partial charge in [0.05, 0.1) is 23.0 Å². The van der Waals surface area contributed by atoms with Crippen molar-refractivity contribution in [1.29, 1.82) is 0 Å². The first kappa shape index (κ1) is 28.2. The highest BCUT2D eigenvalue weighted by Crippen LogP contribution is 2.47. The number of likely N-dealkylation sites (N-methyl/N-ethyl adjacent to an activating group) is 1. The number of anilines is 3. The van der Waals surface area contributed by atoms with Crippen LogP contribution < -0.4 is 15.5 Å². The van der Waals surface area contributed by atoms with Crippen LogP contribution in [0, 0.1) is 19.8 Å². The quantitative estimate of drug-likeness (QED) is 0.292. The molecule has 44 heavy (non-hydrogen) atoms. The molecule has 2 saturated carbocycles. The number of nitrogens with one attached hydrogen (secondary N) is 2. The molecule has 0 radical (unpaired) electrons. The van der Waals surface area contributed by atoms with Crippen molar-refractivity contribution in [2.75, 3.05) is 29.1 Å². The number of hydrogen-bond acceptors (Lipinski definition) is 8. The Balaban J connectivity index is 1.11. The summed E-state index contributed by atoms with van der Waals surface area (Å²) in [5, 5.41) is 6.41. The summed E-state index contributed by atoms with van der Waals surface area (Å²) < 4.78 is 2.05. The lowest BCUT2D eigenvalue weighted by Gasteiger charge is -2.30. The highest BCUT2D eigenvalue weighted by atomic mass is 16.2. The Morgan fingerprint density at radius 1 is 1.07 bits per heavy atom. The van der Waals surface area contributed by atoms with E-state index in [9.17, 15) is 9.59 Å². The molecule has 12 nitrogen and oxygen atoms in total.